The lowest BCUT2D eigenvalue weighted by Gasteiger charge is -2.38. The van der Waals surface area contributed by atoms with E-state index in [1.54, 1.807) is 0 Å². The average molecular weight is 441 g/mol. The predicted octanol–water partition coefficient (Wildman–Crippen LogP) is 2.76. The van der Waals surface area contributed by atoms with E-state index in [-0.39, 0.29) is 17.9 Å². The number of hydrogen-bond donors (Lipinski definition) is 1. The third kappa shape index (κ3) is 5.90. The lowest BCUT2D eigenvalue weighted by atomic mass is 9.89. The molecule has 2 atom stereocenters. The smallest absolute Gasteiger partial charge is 0.236 e. The van der Waals surface area contributed by atoms with Gasteiger partial charge in [0.1, 0.15) is 0 Å². The van der Waals surface area contributed by atoms with Gasteiger partial charge in [0.2, 0.25) is 11.8 Å². The molecule has 6 heteroatoms. The number of aryl methyl sites for hydroxylation is 2. The van der Waals surface area contributed by atoms with Gasteiger partial charge in [-0.15, -0.1) is 0 Å². The van der Waals surface area contributed by atoms with Crippen LogP contribution in [0.1, 0.15) is 68.7 Å². The van der Waals surface area contributed by atoms with Crippen molar-refractivity contribution in [2.45, 2.75) is 70.9 Å². The number of piperidine rings is 1. The van der Waals surface area contributed by atoms with E-state index in [4.69, 9.17) is 0 Å². The molecule has 32 heavy (non-hydrogen) atoms. The number of fused-ring (bicyclic) bond motifs is 1. The molecule has 0 aromatic heterocycles. The minimum atomic E-state index is 0.0279. The number of carbonyl (C=O) groups excluding carboxylic acids is 2. The van der Waals surface area contributed by atoms with Crippen LogP contribution in [-0.2, 0) is 22.4 Å². The van der Waals surface area contributed by atoms with E-state index in [9.17, 15) is 9.59 Å². The second-order valence-corrected chi connectivity index (χ2v) is 10.0. The van der Waals surface area contributed by atoms with E-state index in [1.165, 1.54) is 42.4 Å². The van der Waals surface area contributed by atoms with Crippen molar-refractivity contribution in [3.05, 3.63) is 34.9 Å². The number of piperazine rings is 1. The van der Waals surface area contributed by atoms with Crippen molar-refractivity contribution in [1.29, 1.82) is 0 Å². The summed E-state index contributed by atoms with van der Waals surface area (Å²) in [5.74, 6) is 0.351. The average Bonchev–Trinajstić information content (AvgIpc) is 2.80. The molecule has 1 aromatic rings. The van der Waals surface area contributed by atoms with Crippen LogP contribution in [0.5, 0.6) is 0 Å². The Morgan fingerprint density at radius 1 is 0.938 bits per heavy atom. The molecule has 1 N–H and O–H groups in total. The van der Waals surface area contributed by atoms with Gasteiger partial charge in [-0.05, 0) is 75.5 Å². The van der Waals surface area contributed by atoms with E-state index in [0.717, 1.165) is 52.0 Å². The molecule has 4 rings (SSSR count). The Balaban J connectivity index is 1.19. The lowest BCUT2D eigenvalue weighted by molar-refractivity contribution is -0.136. The van der Waals surface area contributed by atoms with E-state index >= 15 is 0 Å². The first-order valence-corrected chi connectivity index (χ1v) is 12.6. The molecule has 0 saturated carbocycles. The summed E-state index contributed by atoms with van der Waals surface area (Å²) in [4.78, 5) is 31.9. The standard InChI is InChI=1S/C26H40N4O2/c1-20-7-5-6-12-30(20)26(32)19-29-15-13-28(14-16-29)18-25(31)27-21(2)23-11-10-22-8-3-4-9-24(22)17-23/h10-11,17,20-21H,3-9,12-16,18-19H2,1-2H3,(H,27,31)/t20-,21+/m0/s1. The van der Waals surface area contributed by atoms with E-state index in [0.29, 0.717) is 19.1 Å². The van der Waals surface area contributed by atoms with Gasteiger partial charge in [-0.3, -0.25) is 19.4 Å². The number of hydrogen-bond acceptors (Lipinski definition) is 4. The lowest BCUT2D eigenvalue weighted by Crippen LogP contribution is -2.53. The van der Waals surface area contributed by atoms with Crippen molar-refractivity contribution in [3.63, 3.8) is 0 Å². The number of nitrogens with one attached hydrogen (secondary N) is 1. The van der Waals surface area contributed by atoms with Gasteiger partial charge in [0, 0.05) is 38.8 Å². The van der Waals surface area contributed by atoms with Crippen LogP contribution in [0.4, 0.5) is 0 Å². The number of nitrogens with zero attached hydrogens (tertiary/aromatic N) is 3. The molecule has 1 aliphatic carbocycles. The molecule has 3 aliphatic rings. The van der Waals surface area contributed by atoms with Crippen LogP contribution in [0.15, 0.2) is 18.2 Å². The van der Waals surface area contributed by atoms with Gasteiger partial charge in [0.25, 0.3) is 0 Å². The van der Waals surface area contributed by atoms with Crippen molar-refractivity contribution >= 4 is 11.8 Å². The van der Waals surface area contributed by atoms with Crippen molar-refractivity contribution < 1.29 is 9.59 Å². The summed E-state index contributed by atoms with van der Waals surface area (Å²) in [7, 11) is 0. The van der Waals surface area contributed by atoms with Gasteiger partial charge in [0.05, 0.1) is 19.1 Å². The van der Waals surface area contributed by atoms with E-state index < -0.39 is 0 Å². The Bertz CT molecular complexity index is 803. The molecule has 2 aliphatic heterocycles. The van der Waals surface area contributed by atoms with Crippen LogP contribution in [0, 0.1) is 0 Å². The molecule has 176 valence electrons. The number of benzene rings is 1. The highest BCUT2D eigenvalue weighted by Crippen LogP contribution is 2.24. The first kappa shape index (κ1) is 23.2. The summed E-state index contributed by atoms with van der Waals surface area (Å²) in [5.41, 5.74) is 4.14. The summed E-state index contributed by atoms with van der Waals surface area (Å²) in [6.45, 7) is 9.46. The summed E-state index contributed by atoms with van der Waals surface area (Å²) in [5, 5.41) is 3.19. The number of carbonyl (C=O) groups is 2. The monoisotopic (exact) mass is 440 g/mol. The Morgan fingerprint density at radius 2 is 1.62 bits per heavy atom. The van der Waals surface area contributed by atoms with Crippen LogP contribution < -0.4 is 5.32 Å². The van der Waals surface area contributed by atoms with Gasteiger partial charge >= 0.3 is 0 Å². The van der Waals surface area contributed by atoms with Crippen LogP contribution >= 0.6 is 0 Å². The quantitative estimate of drug-likeness (QED) is 0.739. The number of amides is 2. The zero-order valence-electron chi connectivity index (χ0n) is 19.9. The van der Waals surface area contributed by atoms with Crippen molar-refractivity contribution in [2.75, 3.05) is 45.8 Å². The first-order valence-electron chi connectivity index (χ1n) is 12.6. The zero-order valence-corrected chi connectivity index (χ0v) is 19.9. The SMILES string of the molecule is C[C@@H](NC(=O)CN1CCN(CC(=O)N2CCCC[C@@H]2C)CC1)c1ccc2c(c1)CCCC2. The number of likely N-dealkylation sites (tertiary alicyclic amines) is 1. The summed E-state index contributed by atoms with van der Waals surface area (Å²) < 4.78 is 0. The molecular weight excluding hydrogens is 400 g/mol. The minimum Gasteiger partial charge on any atom is -0.348 e. The largest absolute Gasteiger partial charge is 0.348 e. The Labute approximate surface area is 193 Å². The predicted molar refractivity (Wildman–Crippen MR) is 128 cm³/mol. The molecule has 0 bridgehead atoms. The van der Waals surface area contributed by atoms with Crippen molar-refractivity contribution in [2.24, 2.45) is 0 Å². The highest BCUT2D eigenvalue weighted by Gasteiger charge is 2.27. The maximum Gasteiger partial charge on any atom is 0.236 e. The van der Waals surface area contributed by atoms with Gasteiger partial charge in [-0.1, -0.05) is 18.2 Å². The van der Waals surface area contributed by atoms with E-state index in [1.807, 2.05) is 0 Å². The summed E-state index contributed by atoms with van der Waals surface area (Å²) >= 11 is 0. The molecule has 2 amide bonds. The number of rotatable bonds is 6. The Kier molecular flexibility index (Phi) is 7.84. The Morgan fingerprint density at radius 3 is 2.34 bits per heavy atom. The van der Waals surface area contributed by atoms with Crippen LogP contribution in [-0.4, -0.2) is 78.4 Å². The van der Waals surface area contributed by atoms with E-state index in [2.05, 4.69) is 52.1 Å². The molecule has 6 nitrogen and oxygen atoms in total. The van der Waals surface area contributed by atoms with Crippen molar-refractivity contribution in [1.82, 2.24) is 20.0 Å². The highest BCUT2D eigenvalue weighted by molar-refractivity contribution is 5.79. The zero-order chi connectivity index (χ0) is 22.5. The molecule has 0 radical (unpaired) electrons. The fourth-order valence-corrected chi connectivity index (χ4v) is 5.45. The van der Waals surface area contributed by atoms with Crippen LogP contribution in [0.3, 0.4) is 0 Å². The van der Waals surface area contributed by atoms with Crippen molar-refractivity contribution in [3.8, 4) is 0 Å². The molecule has 2 fully saturated rings. The topological polar surface area (TPSA) is 55.9 Å². The molecule has 0 unspecified atom stereocenters. The summed E-state index contributed by atoms with van der Waals surface area (Å²) in [6.07, 6.45) is 8.39. The van der Waals surface area contributed by atoms with Gasteiger partial charge in [-0.25, -0.2) is 0 Å². The first-order chi connectivity index (χ1) is 15.5. The molecule has 2 saturated heterocycles. The highest BCUT2D eigenvalue weighted by atomic mass is 16.2. The van der Waals surface area contributed by atoms with Crippen LogP contribution in [0.2, 0.25) is 0 Å². The normalized spacial score (nSPS) is 23.4. The fourth-order valence-electron chi connectivity index (χ4n) is 5.45. The van der Waals surface area contributed by atoms with Gasteiger partial charge < -0.3 is 10.2 Å². The third-order valence-electron chi connectivity index (χ3n) is 7.56. The fraction of sp³-hybridized carbons (Fsp3) is 0.692. The van der Waals surface area contributed by atoms with Gasteiger partial charge in [-0.2, -0.15) is 0 Å². The minimum absolute atomic E-state index is 0.0279. The molecular formula is C26H40N4O2. The van der Waals surface area contributed by atoms with Gasteiger partial charge in [0.15, 0.2) is 0 Å². The second kappa shape index (κ2) is 10.8. The van der Waals surface area contributed by atoms with Crippen LogP contribution in [0.25, 0.3) is 0 Å². The Hall–Kier alpha value is -1.92. The summed E-state index contributed by atoms with van der Waals surface area (Å²) in [6, 6.07) is 7.11. The molecule has 1 aromatic carbocycles. The maximum absolute atomic E-state index is 12.7. The maximum atomic E-state index is 12.7. The third-order valence-corrected chi connectivity index (χ3v) is 7.56. The molecule has 0 spiro atoms. The molecule has 2 heterocycles. The second-order valence-electron chi connectivity index (χ2n) is 10.0.